The van der Waals surface area contributed by atoms with Crippen LogP contribution in [0.5, 0.6) is 0 Å². The molecule has 0 aromatic heterocycles. The fourth-order valence-corrected chi connectivity index (χ4v) is 1.39. The molecule has 0 rings (SSSR count). The first kappa shape index (κ1) is 16.7. The number of nitriles is 1. The number of carbonyl (C=O) groups is 1. The molecule has 0 saturated carbocycles. The Morgan fingerprint density at radius 1 is 1.33 bits per heavy atom. The summed E-state index contributed by atoms with van der Waals surface area (Å²) in [6.07, 6.45) is 2.00. The maximum Gasteiger partial charge on any atom is 0.407 e. The van der Waals surface area contributed by atoms with Crippen molar-refractivity contribution in [2.45, 2.75) is 45.6 Å². The number of nitrogens with zero attached hydrogens (tertiary/aromatic N) is 2. The third-order valence-corrected chi connectivity index (χ3v) is 2.21. The van der Waals surface area contributed by atoms with Crippen molar-refractivity contribution >= 4 is 6.09 Å². The Bertz CT molecular complexity index is 279. The van der Waals surface area contributed by atoms with Gasteiger partial charge in [-0.1, -0.05) is 0 Å². The minimum atomic E-state index is -0.446. The van der Waals surface area contributed by atoms with Crippen LogP contribution in [-0.2, 0) is 4.74 Å². The molecule has 0 aliphatic rings. The Morgan fingerprint density at radius 3 is 2.50 bits per heavy atom. The molecule has 0 fully saturated rings. The number of amides is 1. The fourth-order valence-electron chi connectivity index (χ4n) is 1.39. The molecule has 0 bridgehead atoms. The molecule has 0 aromatic carbocycles. The fraction of sp³-hybridized carbons (Fsp3) is 0.846. The van der Waals surface area contributed by atoms with Crippen molar-refractivity contribution < 1.29 is 9.53 Å². The van der Waals surface area contributed by atoms with E-state index >= 15 is 0 Å². The highest BCUT2D eigenvalue weighted by molar-refractivity contribution is 5.67. The van der Waals surface area contributed by atoms with Crippen molar-refractivity contribution in [2.24, 2.45) is 0 Å². The first-order chi connectivity index (χ1) is 8.35. The zero-order chi connectivity index (χ0) is 14.0. The topological polar surface area (TPSA) is 65.4 Å². The molecule has 0 radical (unpaired) electrons. The lowest BCUT2D eigenvalue weighted by Gasteiger charge is -2.20. The average molecular weight is 255 g/mol. The van der Waals surface area contributed by atoms with Gasteiger partial charge in [-0.25, -0.2) is 4.79 Å². The predicted octanol–water partition coefficient (Wildman–Crippen LogP) is 2.14. The van der Waals surface area contributed by atoms with Gasteiger partial charge >= 0.3 is 6.09 Å². The third-order valence-electron chi connectivity index (χ3n) is 2.21. The molecule has 1 amide bonds. The highest BCUT2D eigenvalue weighted by atomic mass is 16.6. The summed E-state index contributed by atoms with van der Waals surface area (Å²) in [4.78, 5) is 13.5. The van der Waals surface area contributed by atoms with Gasteiger partial charge in [-0.05, 0) is 53.8 Å². The van der Waals surface area contributed by atoms with Crippen molar-refractivity contribution in [3.05, 3.63) is 0 Å². The quantitative estimate of drug-likeness (QED) is 0.708. The maximum atomic E-state index is 11.3. The van der Waals surface area contributed by atoms with Crippen molar-refractivity contribution in [1.82, 2.24) is 10.2 Å². The summed E-state index contributed by atoms with van der Waals surface area (Å²) in [5.41, 5.74) is -0.446. The monoisotopic (exact) mass is 255 g/mol. The van der Waals surface area contributed by atoms with Crippen molar-refractivity contribution in [3.8, 4) is 6.07 Å². The minimum Gasteiger partial charge on any atom is -0.444 e. The van der Waals surface area contributed by atoms with E-state index < -0.39 is 5.60 Å². The van der Waals surface area contributed by atoms with Gasteiger partial charge < -0.3 is 15.0 Å². The number of unbranched alkanes of at least 4 members (excludes halogenated alkanes) is 1. The van der Waals surface area contributed by atoms with Gasteiger partial charge in [-0.15, -0.1) is 0 Å². The summed E-state index contributed by atoms with van der Waals surface area (Å²) in [6, 6.07) is 2.13. The van der Waals surface area contributed by atoms with Gasteiger partial charge in [0, 0.05) is 13.0 Å². The molecule has 0 atom stereocenters. The Labute approximate surface area is 110 Å². The standard InChI is InChI=1S/C13H25N3O2/c1-13(2,3)18-12(17)15-9-7-11-16(4)10-6-5-8-14/h5-7,9-11H2,1-4H3,(H,15,17). The Morgan fingerprint density at radius 2 is 1.94 bits per heavy atom. The van der Waals surface area contributed by atoms with Gasteiger partial charge in [0.2, 0.25) is 0 Å². The van der Waals surface area contributed by atoms with Gasteiger partial charge in [0.15, 0.2) is 0 Å². The van der Waals surface area contributed by atoms with Crippen LogP contribution in [0.15, 0.2) is 0 Å². The summed E-state index contributed by atoms with van der Waals surface area (Å²) < 4.78 is 5.12. The average Bonchev–Trinajstić information content (AvgIpc) is 2.22. The van der Waals surface area contributed by atoms with E-state index in [1.165, 1.54) is 0 Å². The summed E-state index contributed by atoms with van der Waals surface area (Å²) in [7, 11) is 2.02. The van der Waals surface area contributed by atoms with Gasteiger partial charge in [-0.2, -0.15) is 5.26 Å². The molecule has 5 nitrogen and oxygen atoms in total. The summed E-state index contributed by atoms with van der Waals surface area (Å²) in [5.74, 6) is 0. The number of carbonyl (C=O) groups excluding carboxylic acids is 1. The van der Waals surface area contributed by atoms with Crippen molar-refractivity contribution in [2.75, 3.05) is 26.7 Å². The van der Waals surface area contributed by atoms with Crippen LogP contribution in [0.25, 0.3) is 0 Å². The van der Waals surface area contributed by atoms with E-state index in [0.29, 0.717) is 13.0 Å². The Balaban J connectivity index is 3.50. The van der Waals surface area contributed by atoms with Gasteiger partial charge in [-0.3, -0.25) is 0 Å². The second kappa shape index (κ2) is 8.76. The molecular formula is C13H25N3O2. The first-order valence-electron chi connectivity index (χ1n) is 6.37. The van der Waals surface area contributed by atoms with Crippen molar-refractivity contribution in [1.29, 1.82) is 5.26 Å². The van der Waals surface area contributed by atoms with Crippen LogP contribution in [0.4, 0.5) is 4.79 Å². The Hall–Kier alpha value is -1.28. The van der Waals surface area contributed by atoms with Gasteiger partial charge in [0.05, 0.1) is 6.07 Å². The highest BCUT2D eigenvalue weighted by Crippen LogP contribution is 2.06. The number of hydrogen-bond donors (Lipinski definition) is 1. The van der Waals surface area contributed by atoms with Crippen LogP contribution in [-0.4, -0.2) is 43.3 Å². The number of rotatable bonds is 7. The zero-order valence-corrected chi connectivity index (χ0v) is 12.0. The second-order valence-corrected chi connectivity index (χ2v) is 5.35. The number of alkyl carbamates (subject to hydrolysis) is 1. The van der Waals surface area contributed by atoms with E-state index in [-0.39, 0.29) is 6.09 Å². The third kappa shape index (κ3) is 11.2. The molecule has 0 unspecified atom stereocenters. The van der Waals surface area contributed by atoms with E-state index in [2.05, 4.69) is 16.3 Å². The smallest absolute Gasteiger partial charge is 0.407 e. The van der Waals surface area contributed by atoms with E-state index in [0.717, 1.165) is 25.9 Å². The van der Waals surface area contributed by atoms with Crippen molar-refractivity contribution in [3.63, 3.8) is 0 Å². The predicted molar refractivity (Wildman–Crippen MR) is 71.2 cm³/mol. The molecule has 5 heteroatoms. The molecule has 1 N–H and O–H groups in total. The molecule has 0 heterocycles. The maximum absolute atomic E-state index is 11.3. The minimum absolute atomic E-state index is 0.366. The highest BCUT2D eigenvalue weighted by Gasteiger charge is 2.15. The van der Waals surface area contributed by atoms with Crippen LogP contribution in [0, 0.1) is 11.3 Å². The molecule has 0 aliphatic heterocycles. The summed E-state index contributed by atoms with van der Waals surface area (Å²) >= 11 is 0. The molecular weight excluding hydrogens is 230 g/mol. The van der Waals surface area contributed by atoms with Crippen LogP contribution >= 0.6 is 0 Å². The number of hydrogen-bond acceptors (Lipinski definition) is 4. The van der Waals surface area contributed by atoms with Gasteiger partial charge in [0.25, 0.3) is 0 Å². The van der Waals surface area contributed by atoms with Crippen LogP contribution in [0.2, 0.25) is 0 Å². The Kier molecular flexibility index (Phi) is 8.14. The molecule has 0 saturated heterocycles. The van der Waals surface area contributed by atoms with E-state index in [1.54, 1.807) is 0 Å². The van der Waals surface area contributed by atoms with E-state index in [9.17, 15) is 4.79 Å². The lowest BCUT2D eigenvalue weighted by Crippen LogP contribution is -2.34. The zero-order valence-electron chi connectivity index (χ0n) is 12.0. The van der Waals surface area contributed by atoms with E-state index in [4.69, 9.17) is 10.00 Å². The second-order valence-electron chi connectivity index (χ2n) is 5.35. The SMILES string of the molecule is CN(CCCC#N)CCCNC(=O)OC(C)(C)C. The van der Waals surface area contributed by atoms with Crippen LogP contribution in [0.3, 0.4) is 0 Å². The normalized spacial score (nSPS) is 11.1. The lowest BCUT2D eigenvalue weighted by molar-refractivity contribution is 0.0526. The molecule has 0 aromatic rings. The summed E-state index contributed by atoms with van der Waals surface area (Å²) in [5, 5.41) is 11.1. The van der Waals surface area contributed by atoms with E-state index in [1.807, 2.05) is 27.8 Å². The number of ether oxygens (including phenoxy) is 1. The molecule has 104 valence electrons. The van der Waals surface area contributed by atoms with Gasteiger partial charge in [0.1, 0.15) is 5.60 Å². The lowest BCUT2D eigenvalue weighted by atomic mass is 10.2. The largest absolute Gasteiger partial charge is 0.444 e. The van der Waals surface area contributed by atoms with Crippen LogP contribution < -0.4 is 5.32 Å². The van der Waals surface area contributed by atoms with Crippen LogP contribution in [0.1, 0.15) is 40.0 Å². The molecule has 0 spiro atoms. The number of nitrogens with one attached hydrogen (secondary N) is 1. The molecule has 18 heavy (non-hydrogen) atoms. The molecule has 0 aliphatic carbocycles. The summed E-state index contributed by atoms with van der Waals surface area (Å²) in [6.45, 7) is 7.96. The first-order valence-corrected chi connectivity index (χ1v) is 6.37.